The molecule has 5 rings (SSSR count). The van der Waals surface area contributed by atoms with Crippen LogP contribution in [-0.2, 0) is 4.79 Å². The molecular formula is C25H31N8OS-. The highest BCUT2D eigenvalue weighted by atomic mass is 32.2. The Morgan fingerprint density at radius 1 is 1.11 bits per heavy atom. The molecule has 3 N–H and O–H groups in total. The minimum Gasteiger partial charge on any atom is -0.358 e. The van der Waals surface area contributed by atoms with Crippen molar-refractivity contribution in [1.29, 1.82) is 0 Å². The molecule has 0 spiro atoms. The number of aromatic nitrogens is 4. The van der Waals surface area contributed by atoms with Gasteiger partial charge in [-0.1, -0.05) is 32.5 Å². The molecule has 0 radical (unpaired) electrons. The van der Waals surface area contributed by atoms with Crippen LogP contribution in [-0.4, -0.2) is 39.2 Å². The van der Waals surface area contributed by atoms with E-state index in [1.165, 1.54) is 16.8 Å². The van der Waals surface area contributed by atoms with Crippen LogP contribution in [0.15, 0.2) is 52.6 Å². The molecule has 9 nitrogen and oxygen atoms in total. The van der Waals surface area contributed by atoms with E-state index in [4.69, 9.17) is 15.8 Å². The zero-order valence-corrected chi connectivity index (χ0v) is 21.1. The Hall–Kier alpha value is -3.11. The number of nitrogens with zero attached hydrogens (tertiary/aromatic N) is 6. The van der Waals surface area contributed by atoms with Gasteiger partial charge >= 0.3 is 0 Å². The minimum atomic E-state index is -0.0224. The van der Waals surface area contributed by atoms with E-state index in [0.29, 0.717) is 40.2 Å². The normalized spacial score (nSPS) is 22.2. The molecule has 1 aliphatic heterocycles. The summed E-state index contributed by atoms with van der Waals surface area (Å²) in [4.78, 5) is 25.1. The summed E-state index contributed by atoms with van der Waals surface area (Å²) >= 11 is 1.46. The number of hydrogen-bond acceptors (Lipinski definition) is 7. The van der Waals surface area contributed by atoms with Crippen molar-refractivity contribution in [1.82, 2.24) is 20.2 Å². The Balaban J connectivity index is 1.38. The van der Waals surface area contributed by atoms with Crippen molar-refractivity contribution in [2.24, 2.45) is 29.5 Å². The molecule has 1 aliphatic carbocycles. The van der Waals surface area contributed by atoms with Crippen molar-refractivity contribution in [2.45, 2.75) is 43.7 Å². The van der Waals surface area contributed by atoms with Gasteiger partial charge in [-0.3, -0.25) is 4.79 Å². The van der Waals surface area contributed by atoms with E-state index in [2.05, 4.69) is 41.2 Å². The number of amides is 1. The zero-order chi connectivity index (χ0) is 24.5. The summed E-state index contributed by atoms with van der Waals surface area (Å²) < 4.78 is 0. The summed E-state index contributed by atoms with van der Waals surface area (Å²) in [7, 11) is 0. The Morgan fingerprint density at radius 3 is 2.46 bits per heavy atom. The number of anilines is 2. The van der Waals surface area contributed by atoms with E-state index in [0.717, 1.165) is 36.6 Å². The summed E-state index contributed by atoms with van der Waals surface area (Å²) in [5.41, 5.74) is 0.682. The van der Waals surface area contributed by atoms with Gasteiger partial charge in [0.2, 0.25) is 5.91 Å². The lowest BCUT2D eigenvalue weighted by molar-refractivity contribution is -0.119. The number of carbonyl (C=O) groups is 1. The number of rotatable bonds is 7. The molecule has 1 aromatic carbocycles. The molecule has 1 unspecified atom stereocenters. The lowest BCUT2D eigenvalue weighted by Gasteiger charge is -2.40. The Morgan fingerprint density at radius 2 is 1.83 bits per heavy atom. The van der Waals surface area contributed by atoms with Gasteiger partial charge in [-0.25, -0.2) is 20.9 Å². The predicted molar refractivity (Wildman–Crippen MR) is 138 cm³/mol. The maximum absolute atomic E-state index is 12.3. The largest absolute Gasteiger partial charge is 0.358 e. The zero-order valence-electron chi connectivity index (χ0n) is 20.3. The smallest absolute Gasteiger partial charge is 0.244 e. The number of nitrogens with one attached hydrogen (secondary N) is 1. The highest BCUT2D eigenvalue weighted by Gasteiger charge is 2.33. The first-order valence-corrected chi connectivity index (χ1v) is 12.9. The molecule has 35 heavy (non-hydrogen) atoms. The summed E-state index contributed by atoms with van der Waals surface area (Å²) in [5.74, 6) is 10.0. The van der Waals surface area contributed by atoms with Crippen LogP contribution in [0.2, 0.25) is 0 Å². The second-order valence-electron chi connectivity index (χ2n) is 9.72. The molecule has 2 aromatic heterocycles. The monoisotopic (exact) mass is 491 g/mol. The first kappa shape index (κ1) is 23.6. The third-order valence-corrected chi connectivity index (χ3v) is 7.90. The third-order valence-electron chi connectivity index (χ3n) is 7.02. The van der Waals surface area contributed by atoms with Crippen LogP contribution in [0.3, 0.4) is 0 Å². The molecule has 1 saturated heterocycles. The molecule has 1 amide bonds. The molecule has 3 heterocycles. The lowest BCUT2D eigenvalue weighted by atomic mass is 9.81. The van der Waals surface area contributed by atoms with E-state index in [1.54, 1.807) is 6.20 Å². The second kappa shape index (κ2) is 9.87. The first-order valence-electron chi connectivity index (χ1n) is 12.1. The van der Waals surface area contributed by atoms with Crippen LogP contribution in [0.25, 0.3) is 5.32 Å². The lowest BCUT2D eigenvalue weighted by Crippen LogP contribution is -2.44. The number of piperidine rings is 1. The predicted octanol–water partition coefficient (Wildman–Crippen LogP) is 5.03. The SMILES string of the molecule is CC1[C@H](C)CN(c2cc([N-]c3ccn[nH]3)nc(Sc3ccc(N(N)C(=O)C4CC4)cc3)n2)C[C@@H]1C. The average Bonchev–Trinajstić information content (AvgIpc) is 3.58. The number of carbonyl (C=O) groups excluding carboxylic acids is 1. The van der Waals surface area contributed by atoms with Crippen molar-refractivity contribution in [2.75, 3.05) is 23.0 Å². The maximum atomic E-state index is 12.3. The second-order valence-corrected chi connectivity index (χ2v) is 10.8. The molecule has 0 bridgehead atoms. The van der Waals surface area contributed by atoms with Crippen LogP contribution in [0, 0.1) is 23.7 Å². The highest BCUT2D eigenvalue weighted by molar-refractivity contribution is 7.99. The first-order chi connectivity index (χ1) is 16.9. The van der Waals surface area contributed by atoms with Gasteiger partial charge in [0.25, 0.3) is 0 Å². The van der Waals surface area contributed by atoms with Crippen LogP contribution in [0.1, 0.15) is 33.6 Å². The van der Waals surface area contributed by atoms with Crippen molar-refractivity contribution < 1.29 is 4.79 Å². The average molecular weight is 492 g/mol. The fourth-order valence-corrected chi connectivity index (χ4v) is 5.15. The Labute approximate surface area is 209 Å². The fourth-order valence-electron chi connectivity index (χ4n) is 4.38. The standard InChI is InChI=1S/C25H31N8OS/c1-15-13-32(14-16(2)17(15)3)23-12-22(28-21-10-11-27-31-21)29-25(30-23)35-20-8-6-19(7-9-20)33(26)24(34)18-4-5-18/h6-12,15-18H,4-5,13-14,26H2,1-3H3,(H-,27,28,29,30,31)/q-1/t15-,16+,17?. The van der Waals surface area contributed by atoms with Crippen molar-refractivity contribution in [3.8, 4) is 0 Å². The number of nitrogens with two attached hydrogens (primary N) is 1. The molecule has 3 atom stereocenters. The molecule has 184 valence electrons. The highest BCUT2D eigenvalue weighted by Crippen LogP contribution is 2.37. The third kappa shape index (κ3) is 5.43. The molecule has 10 heteroatoms. The van der Waals surface area contributed by atoms with E-state index in [-0.39, 0.29) is 11.8 Å². The summed E-state index contributed by atoms with van der Waals surface area (Å²) in [5, 5.41) is 13.3. The van der Waals surface area contributed by atoms with Gasteiger partial charge in [0.05, 0.1) is 5.69 Å². The topological polar surface area (TPSA) is 118 Å². The van der Waals surface area contributed by atoms with Crippen LogP contribution in [0.4, 0.5) is 23.1 Å². The van der Waals surface area contributed by atoms with Gasteiger partial charge in [0, 0.05) is 41.7 Å². The van der Waals surface area contributed by atoms with E-state index in [9.17, 15) is 4.79 Å². The van der Waals surface area contributed by atoms with Gasteiger partial charge in [0.15, 0.2) is 0 Å². The number of H-pyrrole nitrogens is 1. The number of benzene rings is 1. The number of hydrazine groups is 1. The van der Waals surface area contributed by atoms with Gasteiger partial charge in [-0.2, -0.15) is 0 Å². The summed E-state index contributed by atoms with van der Waals surface area (Å²) in [6.07, 6.45) is 3.52. The number of aromatic amines is 1. The van der Waals surface area contributed by atoms with Crippen LogP contribution >= 0.6 is 11.8 Å². The van der Waals surface area contributed by atoms with Gasteiger partial charge in [0.1, 0.15) is 11.0 Å². The summed E-state index contributed by atoms with van der Waals surface area (Å²) in [6.45, 7) is 8.84. The molecular weight excluding hydrogens is 460 g/mol. The number of hydrogen-bond donors (Lipinski definition) is 2. The molecule has 3 aromatic rings. The van der Waals surface area contributed by atoms with Gasteiger partial charge in [-0.15, -0.1) is 0 Å². The molecule has 2 aliphatic rings. The molecule has 2 fully saturated rings. The quantitative estimate of drug-likeness (QED) is 0.206. The van der Waals surface area contributed by atoms with E-state index >= 15 is 0 Å². The Bertz CT molecular complexity index is 1150. The van der Waals surface area contributed by atoms with Gasteiger partial charge in [-0.05, 0) is 67.0 Å². The van der Waals surface area contributed by atoms with Crippen LogP contribution < -0.4 is 15.8 Å². The van der Waals surface area contributed by atoms with Crippen LogP contribution in [0.5, 0.6) is 0 Å². The van der Waals surface area contributed by atoms with Crippen molar-refractivity contribution in [3.63, 3.8) is 0 Å². The maximum Gasteiger partial charge on any atom is 0.244 e. The summed E-state index contributed by atoms with van der Waals surface area (Å²) in [6, 6.07) is 11.3. The van der Waals surface area contributed by atoms with Crippen molar-refractivity contribution in [3.05, 3.63) is 47.9 Å². The Kier molecular flexibility index (Phi) is 6.66. The van der Waals surface area contributed by atoms with E-state index in [1.807, 2.05) is 36.4 Å². The van der Waals surface area contributed by atoms with Crippen molar-refractivity contribution >= 4 is 40.8 Å². The fraction of sp³-hybridized carbons (Fsp3) is 0.440. The minimum absolute atomic E-state index is 0.0224. The molecule has 1 saturated carbocycles. The van der Waals surface area contributed by atoms with Gasteiger partial charge < -0.3 is 20.3 Å². The van der Waals surface area contributed by atoms with E-state index < -0.39 is 0 Å².